The van der Waals surface area contributed by atoms with E-state index >= 15 is 0 Å². The van der Waals surface area contributed by atoms with Crippen LogP contribution in [-0.4, -0.2) is 42.9 Å². The summed E-state index contributed by atoms with van der Waals surface area (Å²) in [6, 6.07) is 21.5. The van der Waals surface area contributed by atoms with Crippen LogP contribution in [0.25, 0.3) is 5.57 Å². The predicted molar refractivity (Wildman–Crippen MR) is 132 cm³/mol. The van der Waals surface area contributed by atoms with Crippen molar-refractivity contribution in [2.24, 2.45) is 0 Å². The number of imide groups is 1. The molecular weight excluding hydrogens is 429 g/mol. The Morgan fingerprint density at radius 2 is 1.24 bits per heavy atom. The third-order valence-electron chi connectivity index (χ3n) is 6.41. The first-order valence-corrected chi connectivity index (χ1v) is 11.4. The lowest BCUT2D eigenvalue weighted by Gasteiger charge is -2.37. The van der Waals surface area contributed by atoms with E-state index in [9.17, 15) is 14.0 Å². The van der Waals surface area contributed by atoms with Gasteiger partial charge in [-0.05, 0) is 66.9 Å². The summed E-state index contributed by atoms with van der Waals surface area (Å²) in [5.74, 6) is -1.10. The minimum atomic E-state index is -0.384. The smallest absolute Gasteiger partial charge is 0.282 e. The average Bonchev–Trinajstić information content (AvgIpc) is 3.09. The molecule has 0 unspecified atom stereocenters. The maximum atomic E-state index is 13.7. The van der Waals surface area contributed by atoms with Gasteiger partial charge in [-0.2, -0.15) is 0 Å². The number of rotatable bonds is 4. The monoisotopic (exact) mass is 455 g/mol. The Morgan fingerprint density at radius 1 is 0.676 bits per heavy atom. The first-order valence-electron chi connectivity index (χ1n) is 11.4. The summed E-state index contributed by atoms with van der Waals surface area (Å²) >= 11 is 0. The molecule has 1 saturated heterocycles. The van der Waals surface area contributed by atoms with Gasteiger partial charge in [0.25, 0.3) is 11.8 Å². The van der Waals surface area contributed by atoms with Crippen LogP contribution in [0, 0.1) is 19.7 Å². The maximum Gasteiger partial charge on any atom is 0.282 e. The zero-order valence-corrected chi connectivity index (χ0v) is 19.3. The largest absolute Gasteiger partial charge is 0.368 e. The van der Waals surface area contributed by atoms with E-state index in [2.05, 4.69) is 30.0 Å². The van der Waals surface area contributed by atoms with Crippen molar-refractivity contribution in [3.63, 3.8) is 0 Å². The van der Waals surface area contributed by atoms with E-state index in [4.69, 9.17) is 0 Å². The van der Waals surface area contributed by atoms with E-state index in [1.54, 1.807) is 18.2 Å². The third kappa shape index (κ3) is 3.96. The van der Waals surface area contributed by atoms with Crippen molar-refractivity contribution in [3.8, 4) is 0 Å². The summed E-state index contributed by atoms with van der Waals surface area (Å²) in [4.78, 5) is 32.8. The molecule has 5 rings (SSSR count). The van der Waals surface area contributed by atoms with Gasteiger partial charge < -0.3 is 9.80 Å². The summed E-state index contributed by atoms with van der Waals surface area (Å²) in [5, 5.41) is 0. The lowest BCUT2D eigenvalue weighted by atomic mass is 10.0. The number of hydrogen-bond acceptors (Lipinski definition) is 4. The van der Waals surface area contributed by atoms with Gasteiger partial charge >= 0.3 is 0 Å². The van der Waals surface area contributed by atoms with E-state index < -0.39 is 0 Å². The molecule has 0 aliphatic carbocycles. The van der Waals surface area contributed by atoms with Crippen LogP contribution in [0.3, 0.4) is 0 Å². The van der Waals surface area contributed by atoms with Gasteiger partial charge in [0, 0.05) is 31.9 Å². The van der Waals surface area contributed by atoms with Gasteiger partial charge in [-0.15, -0.1) is 0 Å². The molecule has 0 saturated carbocycles. The molecule has 2 aliphatic rings. The molecule has 0 radical (unpaired) electrons. The number of anilines is 2. The van der Waals surface area contributed by atoms with Crippen LogP contribution in [0.1, 0.15) is 16.7 Å². The summed E-state index contributed by atoms with van der Waals surface area (Å²) in [6.07, 6.45) is 0. The molecule has 0 N–H and O–H groups in total. The molecule has 3 aromatic carbocycles. The van der Waals surface area contributed by atoms with Crippen molar-refractivity contribution >= 4 is 28.8 Å². The SMILES string of the molecule is Cc1cccc(N2CCN(C3=C(c4ccc(F)cc4)C(=O)N(c4cccc(C)c4)C3=O)CC2)c1. The highest BCUT2D eigenvalue weighted by Crippen LogP contribution is 2.35. The second-order valence-electron chi connectivity index (χ2n) is 8.83. The minimum absolute atomic E-state index is 0.329. The van der Waals surface area contributed by atoms with E-state index in [1.165, 1.54) is 22.6 Å². The number of hydrogen-bond donors (Lipinski definition) is 0. The predicted octanol–water partition coefficient (Wildman–Crippen LogP) is 4.55. The number of carbonyl (C=O) groups is 2. The van der Waals surface area contributed by atoms with Crippen LogP contribution in [0.15, 0.2) is 78.5 Å². The number of amides is 2. The van der Waals surface area contributed by atoms with Gasteiger partial charge in [0.05, 0.1) is 11.3 Å². The highest BCUT2D eigenvalue weighted by Gasteiger charge is 2.43. The number of piperazine rings is 1. The summed E-state index contributed by atoms with van der Waals surface area (Å²) < 4.78 is 13.6. The molecule has 1 fully saturated rings. The summed E-state index contributed by atoms with van der Waals surface area (Å²) in [6.45, 7) is 6.67. The Balaban J connectivity index is 1.50. The Labute approximate surface area is 198 Å². The van der Waals surface area contributed by atoms with Crippen LogP contribution >= 0.6 is 0 Å². The van der Waals surface area contributed by atoms with E-state index in [-0.39, 0.29) is 17.6 Å². The minimum Gasteiger partial charge on any atom is -0.368 e. The van der Waals surface area contributed by atoms with Gasteiger partial charge in [0.2, 0.25) is 0 Å². The van der Waals surface area contributed by atoms with Gasteiger partial charge in [0.15, 0.2) is 0 Å². The van der Waals surface area contributed by atoms with Crippen molar-refractivity contribution in [2.45, 2.75) is 13.8 Å². The lowest BCUT2D eigenvalue weighted by molar-refractivity contribution is -0.120. The van der Waals surface area contributed by atoms with Crippen molar-refractivity contribution in [3.05, 3.63) is 101 Å². The van der Waals surface area contributed by atoms with Crippen LogP contribution in [0.5, 0.6) is 0 Å². The number of aryl methyl sites for hydroxylation is 2. The number of carbonyl (C=O) groups excluding carboxylic acids is 2. The average molecular weight is 456 g/mol. The topological polar surface area (TPSA) is 43.9 Å². The fourth-order valence-electron chi connectivity index (χ4n) is 4.70. The molecular formula is C28H26FN3O2. The molecule has 0 bridgehead atoms. The van der Waals surface area contributed by atoms with Gasteiger partial charge in [-0.1, -0.05) is 36.4 Å². The molecule has 172 valence electrons. The normalized spacial score (nSPS) is 16.6. The van der Waals surface area contributed by atoms with Crippen molar-refractivity contribution in [2.75, 3.05) is 36.0 Å². The molecule has 0 aromatic heterocycles. The van der Waals surface area contributed by atoms with Crippen molar-refractivity contribution in [1.29, 1.82) is 0 Å². The standard InChI is InChI=1S/C28H26FN3O2/c1-19-5-3-7-23(17-19)30-13-15-31(16-14-30)26-25(21-9-11-22(29)12-10-21)27(33)32(28(26)34)24-8-4-6-20(2)18-24/h3-12,17-18H,13-16H2,1-2H3. The second kappa shape index (κ2) is 8.78. The van der Waals surface area contributed by atoms with Gasteiger partial charge in [-0.3, -0.25) is 9.59 Å². The fourth-order valence-corrected chi connectivity index (χ4v) is 4.70. The van der Waals surface area contributed by atoms with Crippen molar-refractivity contribution in [1.82, 2.24) is 4.90 Å². The molecule has 34 heavy (non-hydrogen) atoms. The Hall–Kier alpha value is -3.93. The quantitative estimate of drug-likeness (QED) is 0.542. The Morgan fingerprint density at radius 3 is 1.85 bits per heavy atom. The van der Waals surface area contributed by atoms with Crippen molar-refractivity contribution < 1.29 is 14.0 Å². The van der Waals surface area contributed by atoms with Gasteiger partial charge in [-0.25, -0.2) is 9.29 Å². The molecule has 2 aliphatic heterocycles. The summed E-state index contributed by atoms with van der Waals surface area (Å²) in [7, 11) is 0. The number of benzene rings is 3. The Kier molecular flexibility index (Phi) is 5.65. The van der Waals surface area contributed by atoms with Crippen LogP contribution in [-0.2, 0) is 9.59 Å². The van der Waals surface area contributed by atoms with Crippen LogP contribution in [0.4, 0.5) is 15.8 Å². The lowest BCUT2D eigenvalue weighted by Crippen LogP contribution is -2.47. The van der Waals surface area contributed by atoms with E-state index in [1.807, 2.05) is 36.1 Å². The van der Waals surface area contributed by atoms with E-state index in [0.29, 0.717) is 35.6 Å². The molecule has 0 spiro atoms. The third-order valence-corrected chi connectivity index (χ3v) is 6.41. The first kappa shape index (κ1) is 21.9. The zero-order chi connectivity index (χ0) is 23.8. The molecule has 0 atom stereocenters. The molecule has 2 heterocycles. The molecule has 5 nitrogen and oxygen atoms in total. The fraction of sp³-hybridized carbons (Fsp3) is 0.214. The number of halogens is 1. The van der Waals surface area contributed by atoms with Crippen LogP contribution < -0.4 is 9.80 Å². The van der Waals surface area contributed by atoms with Gasteiger partial charge in [0.1, 0.15) is 11.5 Å². The zero-order valence-electron chi connectivity index (χ0n) is 19.3. The second-order valence-corrected chi connectivity index (χ2v) is 8.83. The molecule has 3 aromatic rings. The highest BCUT2D eigenvalue weighted by atomic mass is 19.1. The first-order chi connectivity index (χ1) is 16.4. The summed E-state index contributed by atoms with van der Waals surface area (Å²) in [5.41, 5.74) is 5.13. The van der Waals surface area contributed by atoms with E-state index in [0.717, 1.165) is 24.3 Å². The maximum absolute atomic E-state index is 13.7. The number of nitrogens with zero attached hydrogens (tertiary/aromatic N) is 3. The van der Waals surface area contributed by atoms with Crippen LogP contribution in [0.2, 0.25) is 0 Å². The molecule has 2 amide bonds. The molecule has 6 heteroatoms. The highest BCUT2D eigenvalue weighted by molar-refractivity contribution is 6.45. The Bertz CT molecular complexity index is 1290.